The fraction of sp³-hybridized carbons (Fsp3) is 0.0870. The summed E-state index contributed by atoms with van der Waals surface area (Å²) in [5.41, 5.74) is 1.85. The number of nitrogens with one attached hydrogen (secondary N) is 1. The highest BCUT2D eigenvalue weighted by Gasteiger charge is 2.36. The van der Waals surface area contributed by atoms with Gasteiger partial charge in [-0.1, -0.05) is 18.2 Å². The van der Waals surface area contributed by atoms with Crippen molar-refractivity contribution in [1.82, 2.24) is 9.88 Å². The first-order chi connectivity index (χ1) is 14.6. The van der Waals surface area contributed by atoms with E-state index in [9.17, 15) is 14.4 Å². The minimum absolute atomic E-state index is 0.116. The van der Waals surface area contributed by atoms with Crippen molar-refractivity contribution in [3.8, 4) is 11.4 Å². The van der Waals surface area contributed by atoms with Gasteiger partial charge in [-0.15, -0.1) is 0 Å². The Morgan fingerprint density at radius 2 is 1.67 bits per heavy atom. The summed E-state index contributed by atoms with van der Waals surface area (Å²) in [5.74, 6) is -0.778. The van der Waals surface area contributed by atoms with Crippen LogP contribution in [0.3, 0.4) is 0 Å². The Balaban J connectivity index is 1.63. The lowest BCUT2D eigenvalue weighted by molar-refractivity contribution is -0.122. The maximum atomic E-state index is 13.0. The number of nitrogens with zero attached hydrogens (tertiary/aromatic N) is 2. The Labute approximate surface area is 173 Å². The minimum atomic E-state index is -0.784. The zero-order valence-corrected chi connectivity index (χ0v) is 16.2. The summed E-state index contributed by atoms with van der Waals surface area (Å²) in [7, 11) is 0. The van der Waals surface area contributed by atoms with E-state index in [4.69, 9.17) is 4.74 Å². The predicted octanol–water partition coefficient (Wildman–Crippen LogP) is 3.54. The fourth-order valence-corrected chi connectivity index (χ4v) is 3.18. The van der Waals surface area contributed by atoms with Crippen molar-refractivity contribution in [2.75, 3.05) is 11.5 Å². The van der Waals surface area contributed by atoms with Crippen molar-refractivity contribution in [2.45, 2.75) is 6.92 Å². The Morgan fingerprint density at radius 1 is 0.933 bits per heavy atom. The van der Waals surface area contributed by atoms with Crippen molar-refractivity contribution in [1.29, 1.82) is 0 Å². The number of amides is 4. The van der Waals surface area contributed by atoms with Crippen LogP contribution in [0.25, 0.3) is 11.8 Å². The summed E-state index contributed by atoms with van der Waals surface area (Å²) >= 11 is 0. The number of hydrogen-bond acceptors (Lipinski definition) is 4. The van der Waals surface area contributed by atoms with Crippen molar-refractivity contribution >= 4 is 29.6 Å². The van der Waals surface area contributed by atoms with Crippen LogP contribution >= 0.6 is 0 Å². The molecule has 30 heavy (non-hydrogen) atoms. The second kappa shape index (κ2) is 8.08. The average molecular weight is 401 g/mol. The van der Waals surface area contributed by atoms with Crippen LogP contribution in [0.1, 0.15) is 12.5 Å². The summed E-state index contributed by atoms with van der Waals surface area (Å²) in [4.78, 5) is 38.6. The molecule has 1 fully saturated rings. The molecule has 1 saturated heterocycles. The highest BCUT2D eigenvalue weighted by Crippen LogP contribution is 2.24. The molecule has 3 aromatic rings. The number of carbonyl (C=O) groups excluding carboxylic acids is 3. The highest BCUT2D eigenvalue weighted by atomic mass is 16.5. The highest BCUT2D eigenvalue weighted by molar-refractivity contribution is 6.39. The number of rotatable bonds is 5. The number of benzene rings is 2. The SMILES string of the molecule is CCOc1ccc(N2C(=O)NC(=O)/C(=C/c3ccn(-c4ccccc4)c3)C2=O)cc1. The smallest absolute Gasteiger partial charge is 0.335 e. The molecule has 0 atom stereocenters. The molecule has 0 aliphatic carbocycles. The lowest BCUT2D eigenvalue weighted by Crippen LogP contribution is -2.54. The molecule has 0 spiro atoms. The standard InChI is InChI=1S/C23H19N3O4/c1-2-30-19-10-8-18(9-11-19)26-22(28)20(21(27)24-23(26)29)14-16-12-13-25(15-16)17-6-4-3-5-7-17/h3-15H,2H2,1H3,(H,24,27,29)/b20-14-. The van der Waals surface area contributed by atoms with E-state index in [2.05, 4.69) is 5.32 Å². The first kappa shape index (κ1) is 19.2. The van der Waals surface area contributed by atoms with E-state index < -0.39 is 17.8 Å². The third-order valence-corrected chi connectivity index (χ3v) is 4.59. The lowest BCUT2D eigenvalue weighted by atomic mass is 10.1. The largest absolute Gasteiger partial charge is 0.494 e. The number of anilines is 1. The number of para-hydroxylation sites is 1. The van der Waals surface area contributed by atoms with Gasteiger partial charge in [-0.2, -0.15) is 0 Å². The number of imide groups is 2. The van der Waals surface area contributed by atoms with Crippen LogP contribution in [0.2, 0.25) is 0 Å². The molecule has 1 N–H and O–H groups in total. The van der Waals surface area contributed by atoms with E-state index in [-0.39, 0.29) is 5.57 Å². The normalized spacial score (nSPS) is 15.4. The quantitative estimate of drug-likeness (QED) is 0.524. The first-order valence-electron chi connectivity index (χ1n) is 9.44. The Hall–Kier alpha value is -4.13. The third-order valence-electron chi connectivity index (χ3n) is 4.59. The molecule has 4 amide bonds. The second-order valence-electron chi connectivity index (χ2n) is 6.57. The van der Waals surface area contributed by atoms with Crippen LogP contribution in [0.5, 0.6) is 5.75 Å². The van der Waals surface area contributed by atoms with Gasteiger partial charge in [0.15, 0.2) is 0 Å². The molecule has 7 heteroatoms. The number of carbonyl (C=O) groups is 3. The van der Waals surface area contributed by atoms with Gasteiger partial charge in [-0.3, -0.25) is 14.9 Å². The van der Waals surface area contributed by atoms with Gasteiger partial charge in [0.2, 0.25) is 0 Å². The minimum Gasteiger partial charge on any atom is -0.494 e. The van der Waals surface area contributed by atoms with Crippen molar-refractivity contribution in [2.24, 2.45) is 0 Å². The molecule has 0 unspecified atom stereocenters. The zero-order chi connectivity index (χ0) is 21.1. The van der Waals surface area contributed by atoms with Crippen LogP contribution in [0, 0.1) is 0 Å². The molecule has 0 saturated carbocycles. The molecule has 2 heterocycles. The van der Waals surface area contributed by atoms with Crippen molar-refractivity contribution in [3.05, 3.63) is 84.2 Å². The van der Waals surface area contributed by atoms with E-state index in [1.54, 1.807) is 36.5 Å². The molecule has 1 aliphatic rings. The molecule has 2 aromatic carbocycles. The van der Waals surface area contributed by atoms with Crippen LogP contribution in [-0.2, 0) is 9.59 Å². The molecule has 150 valence electrons. The molecule has 1 aliphatic heterocycles. The summed E-state index contributed by atoms with van der Waals surface area (Å²) < 4.78 is 7.27. The summed E-state index contributed by atoms with van der Waals surface area (Å²) in [6, 6.07) is 17.2. The summed E-state index contributed by atoms with van der Waals surface area (Å²) in [5, 5.41) is 2.23. The van der Waals surface area contributed by atoms with Gasteiger partial charge in [0.05, 0.1) is 12.3 Å². The molecular weight excluding hydrogens is 382 g/mol. The number of barbiturate groups is 1. The van der Waals surface area contributed by atoms with E-state index in [0.717, 1.165) is 10.6 Å². The number of aromatic nitrogens is 1. The monoisotopic (exact) mass is 401 g/mol. The maximum Gasteiger partial charge on any atom is 0.335 e. The van der Waals surface area contributed by atoms with Gasteiger partial charge >= 0.3 is 6.03 Å². The second-order valence-corrected chi connectivity index (χ2v) is 6.57. The third kappa shape index (κ3) is 3.73. The molecule has 0 radical (unpaired) electrons. The van der Waals surface area contributed by atoms with E-state index in [1.165, 1.54) is 6.08 Å². The zero-order valence-electron chi connectivity index (χ0n) is 16.2. The Morgan fingerprint density at radius 3 is 2.37 bits per heavy atom. The fourth-order valence-electron chi connectivity index (χ4n) is 3.18. The van der Waals surface area contributed by atoms with Crippen molar-refractivity contribution in [3.63, 3.8) is 0 Å². The summed E-state index contributed by atoms with van der Waals surface area (Å²) in [6.45, 7) is 2.37. The molecule has 7 nitrogen and oxygen atoms in total. The van der Waals surface area contributed by atoms with E-state index in [0.29, 0.717) is 23.6 Å². The first-order valence-corrected chi connectivity index (χ1v) is 9.44. The van der Waals surface area contributed by atoms with E-state index in [1.807, 2.05) is 48.0 Å². The number of urea groups is 1. The van der Waals surface area contributed by atoms with Crippen LogP contribution < -0.4 is 15.0 Å². The molecule has 4 rings (SSSR count). The van der Waals surface area contributed by atoms with Gasteiger partial charge < -0.3 is 9.30 Å². The topological polar surface area (TPSA) is 80.6 Å². The van der Waals surface area contributed by atoms with Gasteiger partial charge in [-0.05, 0) is 61.0 Å². The van der Waals surface area contributed by atoms with Gasteiger partial charge in [0.1, 0.15) is 11.3 Å². The lowest BCUT2D eigenvalue weighted by Gasteiger charge is -2.26. The molecule has 1 aromatic heterocycles. The van der Waals surface area contributed by atoms with Gasteiger partial charge in [-0.25, -0.2) is 9.69 Å². The number of ether oxygens (including phenoxy) is 1. The average Bonchev–Trinajstić information content (AvgIpc) is 3.22. The van der Waals surface area contributed by atoms with Crippen LogP contribution in [0.4, 0.5) is 10.5 Å². The Kier molecular flexibility index (Phi) is 5.17. The molecular formula is C23H19N3O4. The van der Waals surface area contributed by atoms with Crippen LogP contribution in [-0.4, -0.2) is 29.0 Å². The Bertz CT molecular complexity index is 1130. The van der Waals surface area contributed by atoms with Gasteiger partial charge in [0, 0.05) is 18.1 Å². The molecule has 0 bridgehead atoms. The predicted molar refractivity (Wildman–Crippen MR) is 112 cm³/mol. The van der Waals surface area contributed by atoms with Crippen LogP contribution in [0.15, 0.2) is 78.6 Å². The summed E-state index contributed by atoms with van der Waals surface area (Å²) in [6.07, 6.45) is 5.12. The maximum absolute atomic E-state index is 13.0. The van der Waals surface area contributed by atoms with Crippen molar-refractivity contribution < 1.29 is 19.1 Å². The van der Waals surface area contributed by atoms with E-state index >= 15 is 0 Å². The van der Waals surface area contributed by atoms with Gasteiger partial charge in [0.25, 0.3) is 11.8 Å². The number of hydrogen-bond donors (Lipinski definition) is 1.